The minimum atomic E-state index is -1.10. The van der Waals surface area contributed by atoms with Crippen LogP contribution in [-0.4, -0.2) is 35.9 Å². The molecule has 0 atom stereocenters. The van der Waals surface area contributed by atoms with E-state index in [9.17, 15) is 14.7 Å². The number of hydrogen-bond acceptors (Lipinski definition) is 4. The van der Waals surface area contributed by atoms with Crippen LogP contribution in [0.4, 0.5) is 4.79 Å². The summed E-state index contributed by atoms with van der Waals surface area (Å²) < 4.78 is 10.7. The Kier molecular flexibility index (Phi) is 7.16. The van der Waals surface area contributed by atoms with Crippen LogP contribution in [0.15, 0.2) is 36.4 Å². The number of ether oxygens (including phenoxy) is 2. The second-order valence-corrected chi connectivity index (χ2v) is 7.71. The lowest BCUT2D eigenvalue weighted by Gasteiger charge is -2.19. The lowest BCUT2D eigenvalue weighted by molar-refractivity contribution is 0.0520. The average Bonchev–Trinajstić information content (AvgIpc) is 2.59. The van der Waals surface area contributed by atoms with E-state index < -0.39 is 17.7 Å². The fourth-order valence-electron chi connectivity index (χ4n) is 2.32. The van der Waals surface area contributed by atoms with Gasteiger partial charge < -0.3 is 19.9 Å². The predicted octanol–water partition coefficient (Wildman–Crippen LogP) is 5.26. The van der Waals surface area contributed by atoms with Crippen LogP contribution >= 0.6 is 23.2 Å². The summed E-state index contributed by atoms with van der Waals surface area (Å²) in [7, 11) is 0. The first kappa shape index (κ1) is 21.9. The van der Waals surface area contributed by atoms with Gasteiger partial charge in [-0.25, -0.2) is 9.59 Å². The number of hydrogen-bond donors (Lipinski definition) is 2. The number of amides is 1. The quantitative estimate of drug-likeness (QED) is 0.616. The zero-order valence-electron chi connectivity index (χ0n) is 15.7. The van der Waals surface area contributed by atoms with E-state index in [-0.39, 0.29) is 18.7 Å². The number of carbonyl (C=O) groups excluding carboxylic acids is 1. The van der Waals surface area contributed by atoms with Crippen molar-refractivity contribution in [3.8, 4) is 16.9 Å². The molecule has 0 bridgehead atoms. The summed E-state index contributed by atoms with van der Waals surface area (Å²) in [5.41, 5.74) is 0.603. The molecule has 0 saturated carbocycles. The van der Waals surface area contributed by atoms with Gasteiger partial charge in [-0.2, -0.15) is 0 Å². The summed E-state index contributed by atoms with van der Waals surface area (Å²) >= 11 is 12.3. The molecule has 2 rings (SSSR count). The van der Waals surface area contributed by atoms with Gasteiger partial charge >= 0.3 is 12.1 Å². The van der Waals surface area contributed by atoms with Crippen molar-refractivity contribution in [2.45, 2.75) is 26.4 Å². The Morgan fingerprint density at radius 1 is 1.14 bits per heavy atom. The molecular weight excluding hydrogens is 405 g/mol. The van der Waals surface area contributed by atoms with E-state index in [2.05, 4.69) is 5.32 Å². The predicted molar refractivity (Wildman–Crippen MR) is 109 cm³/mol. The molecule has 2 N–H and O–H groups in total. The van der Waals surface area contributed by atoms with Gasteiger partial charge in [-0.05, 0) is 50.6 Å². The van der Waals surface area contributed by atoms with Crippen LogP contribution in [0, 0.1) is 0 Å². The van der Waals surface area contributed by atoms with Gasteiger partial charge in [-0.1, -0.05) is 35.3 Å². The van der Waals surface area contributed by atoms with Gasteiger partial charge in [-0.15, -0.1) is 0 Å². The summed E-state index contributed by atoms with van der Waals surface area (Å²) in [5.74, 6) is -0.770. The fraction of sp³-hybridized carbons (Fsp3) is 0.300. The van der Waals surface area contributed by atoms with E-state index in [1.54, 1.807) is 45.0 Å². The summed E-state index contributed by atoms with van der Waals surface area (Å²) in [5, 5.41) is 12.6. The zero-order chi connectivity index (χ0) is 20.9. The highest BCUT2D eigenvalue weighted by atomic mass is 35.5. The fourth-order valence-corrected chi connectivity index (χ4v) is 2.73. The van der Waals surface area contributed by atoms with Crippen molar-refractivity contribution in [2.24, 2.45) is 0 Å². The van der Waals surface area contributed by atoms with Crippen LogP contribution in [0.1, 0.15) is 31.1 Å². The van der Waals surface area contributed by atoms with Crippen LogP contribution in [0.5, 0.6) is 5.75 Å². The Labute approximate surface area is 173 Å². The number of carboxylic acids is 1. The van der Waals surface area contributed by atoms with Crippen molar-refractivity contribution >= 4 is 35.3 Å². The van der Waals surface area contributed by atoms with E-state index >= 15 is 0 Å². The number of rotatable bonds is 6. The number of nitrogens with one attached hydrogen (secondary N) is 1. The Balaban J connectivity index is 2.12. The summed E-state index contributed by atoms with van der Waals surface area (Å²) in [4.78, 5) is 23.1. The van der Waals surface area contributed by atoms with Crippen LogP contribution in [0.3, 0.4) is 0 Å². The normalized spacial score (nSPS) is 11.0. The SMILES string of the molecule is CC(C)(C)OC(=O)NCCOc1cc(C(=O)O)cc(-c2cccc(Cl)c2Cl)c1. The lowest BCUT2D eigenvalue weighted by Crippen LogP contribution is -2.34. The van der Waals surface area contributed by atoms with Gasteiger partial charge in [0.05, 0.1) is 22.2 Å². The van der Waals surface area contributed by atoms with Crippen molar-refractivity contribution < 1.29 is 24.2 Å². The molecule has 6 nitrogen and oxygen atoms in total. The number of carbonyl (C=O) groups is 2. The Morgan fingerprint density at radius 2 is 1.86 bits per heavy atom. The molecule has 0 aliphatic rings. The number of halogens is 2. The first-order chi connectivity index (χ1) is 13.1. The molecule has 0 radical (unpaired) electrons. The average molecular weight is 426 g/mol. The monoisotopic (exact) mass is 425 g/mol. The maximum absolute atomic E-state index is 11.6. The molecule has 8 heteroatoms. The van der Waals surface area contributed by atoms with Crippen molar-refractivity contribution in [1.29, 1.82) is 0 Å². The summed E-state index contributed by atoms with van der Waals surface area (Å²) in [6.07, 6.45) is -0.554. The van der Waals surface area contributed by atoms with Crippen LogP contribution < -0.4 is 10.1 Å². The lowest BCUT2D eigenvalue weighted by atomic mass is 10.0. The Bertz CT molecular complexity index is 877. The van der Waals surface area contributed by atoms with E-state index in [0.717, 1.165) is 0 Å². The first-order valence-corrected chi connectivity index (χ1v) is 9.25. The van der Waals surface area contributed by atoms with E-state index in [0.29, 0.717) is 26.9 Å². The Hall–Kier alpha value is -2.44. The van der Waals surface area contributed by atoms with Crippen LogP contribution in [0.25, 0.3) is 11.1 Å². The smallest absolute Gasteiger partial charge is 0.407 e. The minimum absolute atomic E-state index is 0.0450. The molecule has 0 heterocycles. The van der Waals surface area contributed by atoms with Gasteiger partial charge in [0.25, 0.3) is 0 Å². The van der Waals surface area contributed by atoms with Crippen molar-refractivity contribution in [3.63, 3.8) is 0 Å². The van der Waals surface area contributed by atoms with E-state index in [1.807, 2.05) is 0 Å². The third-order valence-corrected chi connectivity index (χ3v) is 4.27. The molecule has 0 spiro atoms. The maximum atomic E-state index is 11.6. The van der Waals surface area contributed by atoms with E-state index in [1.165, 1.54) is 12.1 Å². The molecule has 150 valence electrons. The molecule has 0 fully saturated rings. The van der Waals surface area contributed by atoms with Gasteiger partial charge in [0.1, 0.15) is 18.0 Å². The zero-order valence-corrected chi connectivity index (χ0v) is 17.2. The number of aromatic carboxylic acids is 1. The number of alkyl carbamates (subject to hydrolysis) is 1. The molecule has 0 aliphatic carbocycles. The molecule has 0 saturated heterocycles. The molecule has 0 aliphatic heterocycles. The van der Waals surface area contributed by atoms with Gasteiger partial charge in [0, 0.05) is 5.56 Å². The number of carboxylic acid groups (broad SMARTS) is 1. The second kappa shape index (κ2) is 9.17. The summed E-state index contributed by atoms with van der Waals surface area (Å²) in [6, 6.07) is 9.67. The first-order valence-electron chi connectivity index (χ1n) is 8.49. The largest absolute Gasteiger partial charge is 0.492 e. The van der Waals surface area contributed by atoms with Crippen LogP contribution in [0.2, 0.25) is 10.0 Å². The molecule has 2 aromatic carbocycles. The molecule has 2 aromatic rings. The van der Waals surface area contributed by atoms with E-state index in [4.69, 9.17) is 32.7 Å². The number of benzene rings is 2. The summed E-state index contributed by atoms with van der Waals surface area (Å²) in [6.45, 7) is 5.62. The highest BCUT2D eigenvalue weighted by Crippen LogP contribution is 2.35. The standard InChI is InChI=1S/C20H21Cl2NO5/c1-20(2,3)28-19(26)23-7-8-27-14-10-12(9-13(11-14)18(24)25)15-5-4-6-16(21)17(15)22/h4-6,9-11H,7-8H2,1-3H3,(H,23,26)(H,24,25). The topological polar surface area (TPSA) is 84.9 Å². The highest BCUT2D eigenvalue weighted by Gasteiger charge is 2.16. The molecule has 0 aromatic heterocycles. The molecular formula is C20H21Cl2NO5. The van der Waals surface area contributed by atoms with Gasteiger partial charge in [-0.3, -0.25) is 0 Å². The maximum Gasteiger partial charge on any atom is 0.407 e. The van der Waals surface area contributed by atoms with Crippen molar-refractivity contribution in [3.05, 3.63) is 52.0 Å². The van der Waals surface area contributed by atoms with Crippen molar-refractivity contribution in [1.82, 2.24) is 5.32 Å². The third kappa shape index (κ3) is 6.32. The third-order valence-electron chi connectivity index (χ3n) is 3.46. The van der Waals surface area contributed by atoms with Crippen molar-refractivity contribution in [2.75, 3.05) is 13.2 Å². The van der Waals surface area contributed by atoms with Gasteiger partial charge in [0.15, 0.2) is 0 Å². The Morgan fingerprint density at radius 3 is 2.50 bits per heavy atom. The second-order valence-electron chi connectivity index (χ2n) is 6.93. The minimum Gasteiger partial charge on any atom is -0.492 e. The molecule has 0 unspecified atom stereocenters. The highest BCUT2D eigenvalue weighted by molar-refractivity contribution is 6.43. The van der Waals surface area contributed by atoms with Crippen LogP contribution in [-0.2, 0) is 4.74 Å². The molecule has 28 heavy (non-hydrogen) atoms. The molecule has 1 amide bonds. The van der Waals surface area contributed by atoms with Gasteiger partial charge in [0.2, 0.25) is 0 Å².